The van der Waals surface area contributed by atoms with Crippen LogP contribution in [0.15, 0.2) is 45.6 Å². The quantitative estimate of drug-likeness (QED) is 0.138. The molecule has 15 nitrogen and oxygen atoms in total. The van der Waals surface area contributed by atoms with E-state index in [1.807, 2.05) is 0 Å². The van der Waals surface area contributed by atoms with E-state index in [0.717, 1.165) is 6.07 Å². The minimum Gasteiger partial charge on any atom is -0.497 e. The number of benzene rings is 2. The molecular formula is C29H34O15. The maximum absolute atomic E-state index is 13.8. The highest BCUT2D eigenvalue weighted by Gasteiger charge is 2.49. The van der Waals surface area contributed by atoms with E-state index in [1.54, 1.807) is 24.3 Å². The average Bonchev–Trinajstić information content (AvgIpc) is 3.03. The third kappa shape index (κ3) is 5.63. The van der Waals surface area contributed by atoms with Crippen molar-refractivity contribution in [3.05, 3.63) is 52.2 Å². The molecule has 3 aromatic rings. The summed E-state index contributed by atoms with van der Waals surface area (Å²) in [6.45, 7) is -1.52. The highest BCUT2D eigenvalue weighted by atomic mass is 16.7. The van der Waals surface area contributed by atoms with Crippen LogP contribution < -0.4 is 19.6 Å². The summed E-state index contributed by atoms with van der Waals surface area (Å²) in [5.41, 5.74) is -0.449. The number of fused-ring (bicyclic) bond motifs is 1. The van der Waals surface area contributed by atoms with Crippen molar-refractivity contribution in [2.45, 2.75) is 61.2 Å². The van der Waals surface area contributed by atoms with Crippen LogP contribution in [-0.2, 0) is 9.47 Å². The van der Waals surface area contributed by atoms with Gasteiger partial charge in [-0.3, -0.25) is 4.79 Å². The van der Waals surface area contributed by atoms with Crippen molar-refractivity contribution in [2.24, 2.45) is 0 Å². The van der Waals surface area contributed by atoms with Crippen molar-refractivity contribution in [2.75, 3.05) is 27.4 Å². The van der Waals surface area contributed by atoms with Crippen molar-refractivity contribution in [3.8, 4) is 28.6 Å². The van der Waals surface area contributed by atoms with Crippen molar-refractivity contribution in [3.63, 3.8) is 0 Å². The van der Waals surface area contributed by atoms with Crippen molar-refractivity contribution in [1.29, 1.82) is 0 Å². The minimum atomic E-state index is -1.90. The van der Waals surface area contributed by atoms with E-state index in [-0.39, 0.29) is 28.0 Å². The summed E-state index contributed by atoms with van der Waals surface area (Å²) in [7, 11) is 2.75. The van der Waals surface area contributed by atoms with E-state index in [9.17, 15) is 45.6 Å². The Kier molecular flexibility index (Phi) is 9.43. The smallest absolute Gasteiger partial charge is 0.229 e. The van der Waals surface area contributed by atoms with Gasteiger partial charge < -0.3 is 69.0 Å². The molecule has 15 heteroatoms. The fourth-order valence-electron chi connectivity index (χ4n) is 5.36. The van der Waals surface area contributed by atoms with Gasteiger partial charge in [0.15, 0.2) is 5.43 Å². The van der Waals surface area contributed by atoms with Crippen molar-refractivity contribution < 1.29 is 69.0 Å². The molecule has 0 bridgehead atoms. The number of ether oxygens (including phenoxy) is 5. The molecule has 3 heterocycles. The lowest BCUT2D eigenvalue weighted by Gasteiger charge is -2.42. The lowest BCUT2D eigenvalue weighted by Crippen LogP contribution is -2.60. The Morgan fingerprint density at radius 1 is 0.750 bits per heavy atom. The Morgan fingerprint density at radius 3 is 1.95 bits per heavy atom. The number of aliphatic hydroxyl groups excluding tert-OH is 8. The molecule has 240 valence electrons. The molecule has 44 heavy (non-hydrogen) atoms. The van der Waals surface area contributed by atoms with Gasteiger partial charge in [-0.05, 0) is 24.3 Å². The fourth-order valence-corrected chi connectivity index (χ4v) is 5.36. The standard InChI is InChI=1S/C29H34O15/c1-39-12-5-3-11(4-6-12)14-7-13(32)19-16(41-14)8-15(40-2)20(28-25(37)23(35)21(33)17(9-30)42-28)27(19)44-29-26(38)24(36)22(34)18(10-31)43-29/h3-8,17-18,21-26,28-31,33-38H,9-10H2,1-2H3/t17-,18-,21-,22-,23+,24+,25-,26-,28+,29+/m1/s1. The van der Waals surface area contributed by atoms with E-state index in [1.165, 1.54) is 20.3 Å². The predicted molar refractivity (Wildman–Crippen MR) is 148 cm³/mol. The van der Waals surface area contributed by atoms with Gasteiger partial charge in [0.05, 0.1) is 33.0 Å². The minimum absolute atomic E-state index is 0.0897. The van der Waals surface area contributed by atoms with Gasteiger partial charge in [-0.25, -0.2) is 0 Å². The Bertz CT molecular complexity index is 1500. The summed E-state index contributed by atoms with van der Waals surface area (Å²) in [6.07, 6.45) is -16.9. The zero-order valence-electron chi connectivity index (χ0n) is 23.6. The summed E-state index contributed by atoms with van der Waals surface area (Å²) in [6, 6.07) is 9.11. The van der Waals surface area contributed by atoms with Crippen LogP contribution in [0.25, 0.3) is 22.3 Å². The molecule has 10 atom stereocenters. The van der Waals surface area contributed by atoms with Gasteiger partial charge in [-0.15, -0.1) is 0 Å². The molecule has 0 unspecified atom stereocenters. The second-order valence-electron chi connectivity index (χ2n) is 10.5. The van der Waals surface area contributed by atoms with Gasteiger partial charge in [-0.2, -0.15) is 0 Å². The van der Waals surface area contributed by atoms with E-state index in [4.69, 9.17) is 28.1 Å². The first-order valence-electron chi connectivity index (χ1n) is 13.6. The van der Waals surface area contributed by atoms with Gasteiger partial charge in [-0.1, -0.05) is 0 Å². The number of aliphatic hydroxyl groups is 8. The van der Waals surface area contributed by atoms with Crippen molar-refractivity contribution >= 4 is 11.0 Å². The number of hydrogen-bond donors (Lipinski definition) is 8. The summed E-state index contributed by atoms with van der Waals surface area (Å²) in [5.74, 6) is 0.184. The predicted octanol–water partition coefficient (Wildman–Crippen LogP) is -1.83. The normalized spacial score (nSPS) is 32.4. The first kappa shape index (κ1) is 32.1. The monoisotopic (exact) mass is 622 g/mol. The maximum Gasteiger partial charge on any atom is 0.229 e. The Balaban J connectivity index is 1.73. The highest BCUT2D eigenvalue weighted by Crippen LogP contribution is 2.46. The SMILES string of the molecule is COc1ccc(-c2cc(=O)c3c(O[C@@H]4O[C@H](CO)[C@@H](O)[C@H](O)[C@H]4O)c([C@@H]4O[C@H](CO)[C@@H](O)[C@H](O)[C@H]4O)c(OC)cc3o2)cc1. The molecule has 2 aromatic carbocycles. The number of methoxy groups -OCH3 is 2. The molecule has 2 aliphatic rings. The molecule has 2 fully saturated rings. The van der Waals surface area contributed by atoms with Crippen LogP contribution >= 0.6 is 0 Å². The first-order valence-corrected chi connectivity index (χ1v) is 13.6. The van der Waals surface area contributed by atoms with E-state index >= 15 is 0 Å². The first-order chi connectivity index (χ1) is 21.0. The van der Waals surface area contributed by atoms with Gasteiger partial charge in [0.2, 0.25) is 6.29 Å². The molecule has 0 radical (unpaired) electrons. The number of rotatable bonds is 8. The molecule has 0 amide bonds. The highest BCUT2D eigenvalue weighted by molar-refractivity contribution is 5.89. The molecule has 0 aliphatic carbocycles. The Morgan fingerprint density at radius 2 is 1.36 bits per heavy atom. The van der Waals surface area contributed by atoms with E-state index < -0.39 is 85.6 Å². The summed E-state index contributed by atoms with van der Waals surface area (Å²) in [4.78, 5) is 13.8. The Labute approximate surface area is 249 Å². The second kappa shape index (κ2) is 12.9. The molecule has 2 saturated heterocycles. The molecule has 0 spiro atoms. The van der Waals surface area contributed by atoms with Gasteiger partial charge in [0, 0.05) is 17.7 Å². The van der Waals surface area contributed by atoms with Gasteiger partial charge >= 0.3 is 0 Å². The lowest BCUT2D eigenvalue weighted by atomic mass is 9.89. The molecule has 8 N–H and O–H groups in total. The van der Waals surface area contributed by atoms with Crippen molar-refractivity contribution in [1.82, 2.24) is 0 Å². The number of hydrogen-bond acceptors (Lipinski definition) is 15. The third-order valence-corrected chi connectivity index (χ3v) is 7.83. The molecule has 2 aliphatic heterocycles. The Hall–Kier alpha value is -3.35. The zero-order chi connectivity index (χ0) is 31.9. The topological polar surface area (TPSA) is 238 Å². The zero-order valence-corrected chi connectivity index (χ0v) is 23.6. The van der Waals surface area contributed by atoms with Crippen LogP contribution in [-0.4, -0.2) is 123 Å². The van der Waals surface area contributed by atoms with Crippen LogP contribution in [0.2, 0.25) is 0 Å². The summed E-state index contributed by atoms with van der Waals surface area (Å²) < 4.78 is 34.0. The molecule has 1 aromatic heterocycles. The third-order valence-electron chi connectivity index (χ3n) is 7.83. The largest absolute Gasteiger partial charge is 0.497 e. The average molecular weight is 623 g/mol. The van der Waals surface area contributed by atoms with Gasteiger partial charge in [0.25, 0.3) is 0 Å². The van der Waals surface area contributed by atoms with Crippen LogP contribution in [0.3, 0.4) is 0 Å². The van der Waals surface area contributed by atoms with Crippen LogP contribution in [0.5, 0.6) is 17.2 Å². The van der Waals surface area contributed by atoms with E-state index in [0.29, 0.717) is 11.3 Å². The summed E-state index contributed by atoms with van der Waals surface area (Å²) >= 11 is 0. The maximum atomic E-state index is 13.8. The van der Waals surface area contributed by atoms with E-state index in [2.05, 4.69) is 0 Å². The summed E-state index contributed by atoms with van der Waals surface area (Å²) in [5, 5.41) is 82.4. The molecular weight excluding hydrogens is 588 g/mol. The fraction of sp³-hybridized carbons (Fsp3) is 0.483. The van der Waals surface area contributed by atoms with Gasteiger partial charge in [0.1, 0.15) is 88.9 Å². The molecule has 5 rings (SSSR count). The molecule has 0 saturated carbocycles. The second-order valence-corrected chi connectivity index (χ2v) is 10.5. The van der Waals surface area contributed by atoms with Crippen LogP contribution in [0, 0.1) is 0 Å². The van der Waals surface area contributed by atoms with Crippen LogP contribution in [0.1, 0.15) is 11.7 Å². The lowest BCUT2D eigenvalue weighted by molar-refractivity contribution is -0.278. The van der Waals surface area contributed by atoms with Crippen LogP contribution in [0.4, 0.5) is 0 Å².